The van der Waals surface area contributed by atoms with Gasteiger partial charge in [0.05, 0.1) is 6.54 Å². The van der Waals surface area contributed by atoms with Gasteiger partial charge in [0.2, 0.25) is 11.8 Å². The SMILES string of the molecule is CCCCC(=O)N(CCC(C)C)CC(=O)Nc1nccs1. The van der Waals surface area contributed by atoms with Crippen molar-refractivity contribution < 1.29 is 9.59 Å². The molecule has 0 aliphatic heterocycles. The summed E-state index contributed by atoms with van der Waals surface area (Å²) in [7, 11) is 0. The van der Waals surface area contributed by atoms with E-state index >= 15 is 0 Å². The monoisotopic (exact) mass is 311 g/mol. The van der Waals surface area contributed by atoms with Gasteiger partial charge in [-0.15, -0.1) is 11.3 Å². The molecule has 0 aromatic carbocycles. The van der Waals surface area contributed by atoms with E-state index in [1.54, 1.807) is 16.5 Å². The summed E-state index contributed by atoms with van der Waals surface area (Å²) in [4.78, 5) is 29.9. The lowest BCUT2D eigenvalue weighted by Gasteiger charge is -2.23. The van der Waals surface area contributed by atoms with Crippen molar-refractivity contribution in [2.45, 2.75) is 46.5 Å². The second kappa shape index (κ2) is 9.50. The van der Waals surface area contributed by atoms with Crippen molar-refractivity contribution in [3.05, 3.63) is 11.6 Å². The average Bonchev–Trinajstić information content (AvgIpc) is 2.93. The van der Waals surface area contributed by atoms with E-state index in [1.807, 2.05) is 0 Å². The maximum Gasteiger partial charge on any atom is 0.245 e. The van der Waals surface area contributed by atoms with Crippen LogP contribution in [0, 0.1) is 5.92 Å². The first kappa shape index (κ1) is 17.6. The van der Waals surface area contributed by atoms with Gasteiger partial charge in [0.25, 0.3) is 0 Å². The molecule has 0 spiro atoms. The average molecular weight is 311 g/mol. The molecule has 5 nitrogen and oxygen atoms in total. The third kappa shape index (κ3) is 7.22. The Kier molecular flexibility index (Phi) is 7.97. The van der Waals surface area contributed by atoms with Crippen molar-refractivity contribution in [1.29, 1.82) is 0 Å². The quantitative estimate of drug-likeness (QED) is 0.762. The van der Waals surface area contributed by atoms with Gasteiger partial charge < -0.3 is 10.2 Å². The lowest BCUT2D eigenvalue weighted by Crippen LogP contribution is -2.39. The summed E-state index contributed by atoms with van der Waals surface area (Å²) in [5, 5.41) is 5.10. The van der Waals surface area contributed by atoms with Crippen molar-refractivity contribution in [2.24, 2.45) is 5.92 Å². The standard InChI is InChI=1S/C15H25N3O2S/c1-4-5-6-14(20)18(9-7-12(2)3)11-13(19)17-15-16-8-10-21-15/h8,10,12H,4-7,9,11H2,1-3H3,(H,16,17,19). The number of hydrogen-bond acceptors (Lipinski definition) is 4. The van der Waals surface area contributed by atoms with Gasteiger partial charge in [0.15, 0.2) is 5.13 Å². The van der Waals surface area contributed by atoms with E-state index in [1.165, 1.54) is 11.3 Å². The number of nitrogens with one attached hydrogen (secondary N) is 1. The summed E-state index contributed by atoms with van der Waals surface area (Å²) >= 11 is 1.37. The zero-order valence-corrected chi connectivity index (χ0v) is 13.9. The molecule has 0 atom stereocenters. The van der Waals surface area contributed by atoms with Crippen LogP contribution in [-0.4, -0.2) is 34.8 Å². The van der Waals surface area contributed by atoms with Crippen LogP contribution in [0.1, 0.15) is 46.5 Å². The lowest BCUT2D eigenvalue weighted by molar-refractivity contribution is -0.135. The molecule has 2 amide bonds. The molecule has 0 aliphatic carbocycles. The molecule has 0 fully saturated rings. The number of carbonyl (C=O) groups excluding carboxylic acids is 2. The molecule has 1 N–H and O–H groups in total. The molecule has 1 aromatic rings. The molecule has 6 heteroatoms. The summed E-state index contributed by atoms with van der Waals surface area (Å²) in [5.41, 5.74) is 0. The highest BCUT2D eigenvalue weighted by Gasteiger charge is 2.17. The van der Waals surface area contributed by atoms with Crippen molar-refractivity contribution in [3.8, 4) is 0 Å². The Morgan fingerprint density at radius 3 is 2.76 bits per heavy atom. The van der Waals surface area contributed by atoms with Gasteiger partial charge in [0, 0.05) is 24.5 Å². The Hall–Kier alpha value is -1.43. The van der Waals surface area contributed by atoms with E-state index in [2.05, 4.69) is 31.1 Å². The van der Waals surface area contributed by atoms with Crippen LogP contribution in [0.4, 0.5) is 5.13 Å². The van der Waals surface area contributed by atoms with E-state index in [9.17, 15) is 9.59 Å². The Balaban J connectivity index is 2.53. The first-order chi connectivity index (χ1) is 10.0. The zero-order chi connectivity index (χ0) is 15.7. The predicted molar refractivity (Wildman–Crippen MR) is 86.3 cm³/mol. The maximum absolute atomic E-state index is 12.2. The van der Waals surface area contributed by atoms with Gasteiger partial charge in [-0.1, -0.05) is 27.2 Å². The van der Waals surface area contributed by atoms with Crippen LogP contribution in [0.2, 0.25) is 0 Å². The van der Waals surface area contributed by atoms with Crippen LogP contribution < -0.4 is 5.32 Å². The Morgan fingerprint density at radius 1 is 1.43 bits per heavy atom. The Labute approximate surface area is 130 Å². The van der Waals surface area contributed by atoms with Crippen molar-refractivity contribution >= 4 is 28.3 Å². The van der Waals surface area contributed by atoms with E-state index in [-0.39, 0.29) is 18.4 Å². The van der Waals surface area contributed by atoms with Crippen LogP contribution in [0.5, 0.6) is 0 Å². The maximum atomic E-state index is 12.2. The van der Waals surface area contributed by atoms with Gasteiger partial charge >= 0.3 is 0 Å². The molecular formula is C15H25N3O2S. The fraction of sp³-hybridized carbons (Fsp3) is 0.667. The van der Waals surface area contributed by atoms with Gasteiger partial charge in [-0.25, -0.2) is 4.98 Å². The van der Waals surface area contributed by atoms with Crippen LogP contribution in [0.3, 0.4) is 0 Å². The van der Waals surface area contributed by atoms with Crippen LogP contribution in [0.15, 0.2) is 11.6 Å². The second-order valence-corrected chi connectivity index (χ2v) is 6.38. The number of carbonyl (C=O) groups is 2. The first-order valence-corrected chi connectivity index (χ1v) is 8.38. The molecule has 118 valence electrons. The number of anilines is 1. The van der Waals surface area contributed by atoms with E-state index in [4.69, 9.17) is 0 Å². The number of nitrogens with zero attached hydrogens (tertiary/aromatic N) is 2. The van der Waals surface area contributed by atoms with E-state index in [0.29, 0.717) is 24.0 Å². The van der Waals surface area contributed by atoms with Gasteiger partial charge in [-0.05, 0) is 18.8 Å². The minimum Gasteiger partial charge on any atom is -0.333 e. The second-order valence-electron chi connectivity index (χ2n) is 5.49. The summed E-state index contributed by atoms with van der Waals surface area (Å²) < 4.78 is 0. The third-order valence-corrected chi connectivity index (χ3v) is 3.77. The van der Waals surface area contributed by atoms with Gasteiger partial charge in [-0.2, -0.15) is 0 Å². The molecule has 0 saturated carbocycles. The van der Waals surface area contributed by atoms with Crippen LogP contribution in [-0.2, 0) is 9.59 Å². The highest BCUT2D eigenvalue weighted by Crippen LogP contribution is 2.11. The topological polar surface area (TPSA) is 62.3 Å². The largest absolute Gasteiger partial charge is 0.333 e. The Bertz CT molecular complexity index is 432. The molecular weight excluding hydrogens is 286 g/mol. The Morgan fingerprint density at radius 2 is 2.19 bits per heavy atom. The number of hydrogen-bond donors (Lipinski definition) is 1. The molecule has 1 aromatic heterocycles. The summed E-state index contributed by atoms with van der Waals surface area (Å²) in [6.07, 6.45) is 4.91. The molecule has 21 heavy (non-hydrogen) atoms. The molecule has 0 unspecified atom stereocenters. The predicted octanol–water partition coefficient (Wildman–Crippen LogP) is 3.15. The smallest absolute Gasteiger partial charge is 0.245 e. The minimum atomic E-state index is -0.182. The molecule has 0 bridgehead atoms. The number of unbranched alkanes of at least 4 members (excludes halogenated alkanes) is 1. The summed E-state index contributed by atoms with van der Waals surface area (Å²) in [6, 6.07) is 0. The summed E-state index contributed by atoms with van der Waals surface area (Å²) in [6.45, 7) is 7.02. The number of thiazole rings is 1. The highest BCUT2D eigenvalue weighted by atomic mass is 32.1. The number of amides is 2. The van der Waals surface area contributed by atoms with Crippen molar-refractivity contribution in [3.63, 3.8) is 0 Å². The molecule has 1 heterocycles. The van der Waals surface area contributed by atoms with E-state index < -0.39 is 0 Å². The van der Waals surface area contributed by atoms with Gasteiger partial charge in [0.1, 0.15) is 0 Å². The normalized spacial score (nSPS) is 10.7. The molecule has 1 rings (SSSR count). The third-order valence-electron chi connectivity index (χ3n) is 3.09. The van der Waals surface area contributed by atoms with Crippen LogP contribution >= 0.6 is 11.3 Å². The zero-order valence-electron chi connectivity index (χ0n) is 13.1. The van der Waals surface area contributed by atoms with Crippen molar-refractivity contribution in [1.82, 2.24) is 9.88 Å². The van der Waals surface area contributed by atoms with E-state index in [0.717, 1.165) is 19.3 Å². The lowest BCUT2D eigenvalue weighted by atomic mass is 10.1. The molecule has 0 radical (unpaired) electrons. The number of rotatable bonds is 9. The van der Waals surface area contributed by atoms with Crippen molar-refractivity contribution in [2.75, 3.05) is 18.4 Å². The fourth-order valence-corrected chi connectivity index (χ4v) is 2.35. The molecule has 0 aliphatic rings. The summed E-state index contributed by atoms with van der Waals surface area (Å²) in [5.74, 6) is 0.388. The first-order valence-electron chi connectivity index (χ1n) is 7.50. The minimum absolute atomic E-state index is 0.0618. The highest BCUT2D eigenvalue weighted by molar-refractivity contribution is 7.13. The molecule has 0 saturated heterocycles. The fourth-order valence-electron chi connectivity index (χ4n) is 1.81. The van der Waals surface area contributed by atoms with Crippen LogP contribution in [0.25, 0.3) is 0 Å². The van der Waals surface area contributed by atoms with Gasteiger partial charge in [-0.3, -0.25) is 9.59 Å². The number of aromatic nitrogens is 1.